The van der Waals surface area contributed by atoms with Crippen molar-refractivity contribution in [1.29, 1.82) is 0 Å². The smallest absolute Gasteiger partial charge is 0.0169 e. The van der Waals surface area contributed by atoms with Crippen LogP contribution >= 0.6 is 0 Å². The lowest BCUT2D eigenvalue weighted by Gasteiger charge is -2.36. The van der Waals surface area contributed by atoms with Gasteiger partial charge in [0.25, 0.3) is 0 Å². The molecule has 2 rings (SSSR count). The Morgan fingerprint density at radius 3 is 2.53 bits per heavy atom. The largest absolute Gasteiger partial charge is 0.310 e. The molecule has 1 aliphatic carbocycles. The van der Waals surface area contributed by atoms with E-state index in [-0.39, 0.29) is 0 Å². The van der Waals surface area contributed by atoms with Gasteiger partial charge in [-0.05, 0) is 64.0 Å². The first kappa shape index (κ1) is 13.4. The van der Waals surface area contributed by atoms with Crippen LogP contribution in [0.1, 0.15) is 52.9 Å². The summed E-state index contributed by atoms with van der Waals surface area (Å²) in [5.41, 5.74) is 0. The lowest BCUT2D eigenvalue weighted by Crippen LogP contribution is -2.47. The third kappa shape index (κ3) is 3.96. The molecular formula is C15H30N2. The van der Waals surface area contributed by atoms with Crippen LogP contribution in [0.2, 0.25) is 0 Å². The van der Waals surface area contributed by atoms with E-state index in [1.54, 1.807) is 0 Å². The van der Waals surface area contributed by atoms with Gasteiger partial charge >= 0.3 is 0 Å². The summed E-state index contributed by atoms with van der Waals surface area (Å²) in [5, 5.41) is 3.87. The highest BCUT2D eigenvalue weighted by molar-refractivity contribution is 4.84. The predicted molar refractivity (Wildman–Crippen MR) is 74.2 cm³/mol. The van der Waals surface area contributed by atoms with Gasteiger partial charge in [0.1, 0.15) is 0 Å². The Bertz CT molecular complexity index is 223. The Kier molecular flexibility index (Phi) is 4.87. The summed E-state index contributed by atoms with van der Waals surface area (Å²) >= 11 is 0. The summed E-state index contributed by atoms with van der Waals surface area (Å²) < 4.78 is 0. The molecule has 0 aromatic carbocycles. The molecular weight excluding hydrogens is 208 g/mol. The fourth-order valence-corrected chi connectivity index (χ4v) is 3.68. The molecule has 0 aromatic rings. The maximum atomic E-state index is 3.87. The fraction of sp³-hybridized carbons (Fsp3) is 1.00. The van der Waals surface area contributed by atoms with E-state index in [0.717, 1.165) is 17.9 Å². The molecule has 0 radical (unpaired) electrons. The van der Waals surface area contributed by atoms with E-state index in [9.17, 15) is 0 Å². The number of hydrogen-bond acceptors (Lipinski definition) is 2. The monoisotopic (exact) mass is 238 g/mol. The van der Waals surface area contributed by atoms with Gasteiger partial charge in [-0.1, -0.05) is 13.8 Å². The maximum Gasteiger partial charge on any atom is 0.0169 e. The van der Waals surface area contributed by atoms with Crippen LogP contribution in [0.4, 0.5) is 0 Å². The molecule has 2 fully saturated rings. The molecule has 4 atom stereocenters. The lowest BCUT2D eigenvalue weighted by molar-refractivity contribution is 0.199. The first-order valence-electron chi connectivity index (χ1n) is 7.63. The average molecular weight is 238 g/mol. The highest BCUT2D eigenvalue weighted by atomic mass is 15.2. The average Bonchev–Trinajstić information content (AvgIpc) is 2.75. The topological polar surface area (TPSA) is 15.3 Å². The van der Waals surface area contributed by atoms with Crippen molar-refractivity contribution in [3.8, 4) is 0 Å². The van der Waals surface area contributed by atoms with Gasteiger partial charge in [-0.15, -0.1) is 0 Å². The summed E-state index contributed by atoms with van der Waals surface area (Å²) in [7, 11) is 0. The minimum Gasteiger partial charge on any atom is -0.310 e. The Morgan fingerprint density at radius 1 is 1.18 bits per heavy atom. The Labute approximate surface area is 107 Å². The third-order valence-electron chi connectivity index (χ3n) is 4.66. The van der Waals surface area contributed by atoms with E-state index in [1.807, 2.05) is 0 Å². The molecule has 17 heavy (non-hydrogen) atoms. The first-order chi connectivity index (χ1) is 8.15. The summed E-state index contributed by atoms with van der Waals surface area (Å²) in [5.74, 6) is 1.80. The summed E-state index contributed by atoms with van der Waals surface area (Å²) in [6.07, 6.45) is 7.02. The van der Waals surface area contributed by atoms with E-state index < -0.39 is 0 Å². The van der Waals surface area contributed by atoms with Crippen LogP contribution in [0, 0.1) is 11.8 Å². The predicted octanol–water partition coefficient (Wildman–Crippen LogP) is 2.89. The van der Waals surface area contributed by atoms with Crippen molar-refractivity contribution in [1.82, 2.24) is 10.2 Å². The molecule has 1 N–H and O–H groups in total. The fourth-order valence-electron chi connectivity index (χ4n) is 3.68. The summed E-state index contributed by atoms with van der Waals surface area (Å²) in [4.78, 5) is 2.62. The maximum absolute atomic E-state index is 3.87. The molecule has 0 spiro atoms. The first-order valence-corrected chi connectivity index (χ1v) is 7.63. The van der Waals surface area contributed by atoms with Crippen molar-refractivity contribution < 1.29 is 0 Å². The number of hydrogen-bond donors (Lipinski definition) is 1. The second-order valence-corrected chi connectivity index (χ2v) is 6.58. The molecule has 2 aliphatic rings. The molecule has 4 unspecified atom stereocenters. The van der Waals surface area contributed by atoms with Crippen LogP contribution in [-0.2, 0) is 0 Å². The van der Waals surface area contributed by atoms with Crippen LogP contribution in [0.3, 0.4) is 0 Å². The van der Waals surface area contributed by atoms with E-state index in [0.29, 0.717) is 6.04 Å². The highest BCUT2D eigenvalue weighted by Crippen LogP contribution is 2.28. The Balaban J connectivity index is 1.71. The van der Waals surface area contributed by atoms with Crippen LogP contribution in [0.15, 0.2) is 0 Å². The standard InChI is InChI=1S/C15H30N2/c1-12-6-7-15(13(2)10-12)16-14(3)11-17-8-4-5-9-17/h12-16H,4-11H2,1-3H3. The molecule has 1 aliphatic heterocycles. The zero-order chi connectivity index (χ0) is 12.3. The zero-order valence-corrected chi connectivity index (χ0v) is 11.9. The number of nitrogens with zero attached hydrogens (tertiary/aromatic N) is 1. The Morgan fingerprint density at radius 2 is 1.88 bits per heavy atom. The molecule has 0 bridgehead atoms. The van der Waals surface area contributed by atoms with Gasteiger partial charge in [0.15, 0.2) is 0 Å². The number of rotatable bonds is 4. The Hall–Kier alpha value is -0.0800. The molecule has 1 saturated heterocycles. The second kappa shape index (κ2) is 6.19. The number of likely N-dealkylation sites (tertiary alicyclic amines) is 1. The van der Waals surface area contributed by atoms with Gasteiger partial charge in [0, 0.05) is 18.6 Å². The van der Waals surface area contributed by atoms with Crippen molar-refractivity contribution in [3.05, 3.63) is 0 Å². The second-order valence-electron chi connectivity index (χ2n) is 6.58. The molecule has 1 heterocycles. The van der Waals surface area contributed by atoms with Gasteiger partial charge < -0.3 is 10.2 Å². The minimum absolute atomic E-state index is 0.661. The minimum atomic E-state index is 0.661. The van der Waals surface area contributed by atoms with E-state index in [2.05, 4.69) is 31.0 Å². The number of nitrogens with one attached hydrogen (secondary N) is 1. The van der Waals surface area contributed by atoms with Gasteiger partial charge in [-0.3, -0.25) is 0 Å². The van der Waals surface area contributed by atoms with Crippen LogP contribution in [0.5, 0.6) is 0 Å². The molecule has 2 heteroatoms. The lowest BCUT2D eigenvalue weighted by atomic mass is 9.79. The highest BCUT2D eigenvalue weighted by Gasteiger charge is 2.26. The molecule has 1 saturated carbocycles. The van der Waals surface area contributed by atoms with Crippen molar-refractivity contribution in [2.45, 2.75) is 65.0 Å². The van der Waals surface area contributed by atoms with Crippen LogP contribution in [-0.4, -0.2) is 36.6 Å². The SMILES string of the molecule is CC1CCC(NC(C)CN2CCCC2)C(C)C1. The molecule has 2 nitrogen and oxygen atoms in total. The molecule has 0 amide bonds. The summed E-state index contributed by atoms with van der Waals surface area (Å²) in [6.45, 7) is 11.1. The normalized spacial score (nSPS) is 37.2. The van der Waals surface area contributed by atoms with E-state index in [4.69, 9.17) is 0 Å². The van der Waals surface area contributed by atoms with Gasteiger partial charge in [0.2, 0.25) is 0 Å². The van der Waals surface area contributed by atoms with Crippen molar-refractivity contribution >= 4 is 0 Å². The quantitative estimate of drug-likeness (QED) is 0.810. The van der Waals surface area contributed by atoms with Crippen molar-refractivity contribution in [2.75, 3.05) is 19.6 Å². The molecule has 100 valence electrons. The van der Waals surface area contributed by atoms with Crippen LogP contribution in [0.25, 0.3) is 0 Å². The van der Waals surface area contributed by atoms with E-state index >= 15 is 0 Å². The zero-order valence-electron chi connectivity index (χ0n) is 11.9. The van der Waals surface area contributed by atoms with Crippen molar-refractivity contribution in [2.24, 2.45) is 11.8 Å². The van der Waals surface area contributed by atoms with Gasteiger partial charge in [-0.25, -0.2) is 0 Å². The third-order valence-corrected chi connectivity index (χ3v) is 4.66. The van der Waals surface area contributed by atoms with Crippen LogP contribution < -0.4 is 5.32 Å². The molecule has 0 aromatic heterocycles. The van der Waals surface area contributed by atoms with Crippen molar-refractivity contribution in [3.63, 3.8) is 0 Å². The van der Waals surface area contributed by atoms with E-state index in [1.165, 1.54) is 51.7 Å². The summed E-state index contributed by atoms with van der Waals surface area (Å²) in [6, 6.07) is 1.43. The van der Waals surface area contributed by atoms with Gasteiger partial charge in [0.05, 0.1) is 0 Å². The van der Waals surface area contributed by atoms with Gasteiger partial charge in [-0.2, -0.15) is 0 Å².